The zero-order chi connectivity index (χ0) is 14.8. The SMILES string of the molecule is CC(O)COC(O[Si](C)(C)C(C)(C)C)P(=O)(O)O. The Bertz CT molecular complexity index is 306. The van der Waals surface area contributed by atoms with E-state index in [4.69, 9.17) is 14.3 Å². The van der Waals surface area contributed by atoms with Gasteiger partial charge < -0.3 is 24.1 Å². The predicted octanol–water partition coefficient (Wildman–Crippen LogP) is 1.87. The number of hydrogen-bond acceptors (Lipinski definition) is 4. The minimum absolute atomic E-state index is 0.176. The van der Waals surface area contributed by atoms with E-state index >= 15 is 0 Å². The lowest BCUT2D eigenvalue weighted by molar-refractivity contribution is -0.0719. The van der Waals surface area contributed by atoms with E-state index in [1.165, 1.54) is 6.92 Å². The van der Waals surface area contributed by atoms with Gasteiger partial charge in [0.1, 0.15) is 0 Å². The lowest BCUT2D eigenvalue weighted by Crippen LogP contribution is -2.44. The van der Waals surface area contributed by atoms with Crippen molar-refractivity contribution in [2.24, 2.45) is 0 Å². The molecule has 0 aromatic carbocycles. The average Bonchev–Trinajstić information content (AvgIpc) is 2.07. The Kier molecular flexibility index (Phi) is 6.22. The molecule has 0 bridgehead atoms. The highest BCUT2D eigenvalue weighted by molar-refractivity contribution is 7.52. The van der Waals surface area contributed by atoms with Crippen molar-refractivity contribution in [3.8, 4) is 0 Å². The van der Waals surface area contributed by atoms with Crippen molar-refractivity contribution in [3.63, 3.8) is 0 Å². The van der Waals surface area contributed by atoms with Gasteiger partial charge in [-0.15, -0.1) is 0 Å². The van der Waals surface area contributed by atoms with Crippen molar-refractivity contribution in [3.05, 3.63) is 0 Å². The van der Waals surface area contributed by atoms with E-state index in [0.717, 1.165) is 0 Å². The molecule has 2 unspecified atom stereocenters. The molecule has 3 N–H and O–H groups in total. The Labute approximate surface area is 110 Å². The molecule has 0 aromatic heterocycles. The third kappa shape index (κ3) is 5.93. The minimum atomic E-state index is -4.52. The largest absolute Gasteiger partial charge is 0.391 e. The molecular formula is C10H25O6PSi. The van der Waals surface area contributed by atoms with Gasteiger partial charge in [-0.05, 0) is 25.1 Å². The normalized spacial score (nSPS) is 17.6. The first kappa shape index (κ1) is 18.2. The molecule has 0 aliphatic heterocycles. The molecule has 0 amide bonds. The van der Waals surface area contributed by atoms with E-state index < -0.39 is 28.0 Å². The second kappa shape index (κ2) is 6.13. The maximum Gasteiger partial charge on any atom is 0.380 e. The molecule has 0 fully saturated rings. The summed E-state index contributed by atoms with van der Waals surface area (Å²) in [6.07, 6.45) is -0.804. The summed E-state index contributed by atoms with van der Waals surface area (Å²) in [6.45, 7) is 10.9. The van der Waals surface area contributed by atoms with Crippen molar-refractivity contribution < 1.29 is 28.6 Å². The lowest BCUT2D eigenvalue weighted by atomic mass is 10.2. The second-order valence-electron chi connectivity index (χ2n) is 5.96. The maximum atomic E-state index is 11.3. The first-order valence-electron chi connectivity index (χ1n) is 5.80. The highest BCUT2D eigenvalue weighted by Gasteiger charge is 2.44. The Morgan fingerprint density at radius 1 is 1.28 bits per heavy atom. The molecule has 0 aromatic rings. The molecule has 110 valence electrons. The fourth-order valence-corrected chi connectivity index (χ4v) is 3.40. The minimum Gasteiger partial charge on any atom is -0.391 e. The molecule has 0 saturated carbocycles. The molecule has 18 heavy (non-hydrogen) atoms. The van der Waals surface area contributed by atoms with Crippen LogP contribution in [0.15, 0.2) is 0 Å². The smallest absolute Gasteiger partial charge is 0.380 e. The van der Waals surface area contributed by atoms with E-state index in [-0.39, 0.29) is 11.6 Å². The molecule has 8 heteroatoms. The highest BCUT2D eigenvalue weighted by Crippen LogP contribution is 2.47. The van der Waals surface area contributed by atoms with Gasteiger partial charge in [0, 0.05) is 0 Å². The first-order valence-corrected chi connectivity index (χ1v) is 10.4. The van der Waals surface area contributed by atoms with Gasteiger partial charge in [0.15, 0.2) is 8.32 Å². The topological polar surface area (TPSA) is 96.2 Å². The summed E-state index contributed by atoms with van der Waals surface area (Å²) in [5, 5.41) is 8.92. The predicted molar refractivity (Wildman–Crippen MR) is 71.7 cm³/mol. The molecule has 0 heterocycles. The van der Waals surface area contributed by atoms with Crippen molar-refractivity contribution in [2.45, 2.75) is 58.0 Å². The summed E-state index contributed by atoms with van der Waals surface area (Å²) in [4.78, 5) is 18.4. The summed E-state index contributed by atoms with van der Waals surface area (Å²) in [5.41, 5.74) is 0. The molecule has 0 aliphatic rings. The van der Waals surface area contributed by atoms with Crippen LogP contribution in [0.1, 0.15) is 27.7 Å². The van der Waals surface area contributed by atoms with Crippen LogP contribution in [0.2, 0.25) is 18.1 Å². The summed E-state index contributed by atoms with van der Waals surface area (Å²) in [7, 11) is -6.87. The molecule has 6 nitrogen and oxygen atoms in total. The Morgan fingerprint density at radius 2 is 1.72 bits per heavy atom. The van der Waals surface area contributed by atoms with Gasteiger partial charge in [0.25, 0.3) is 6.03 Å². The van der Waals surface area contributed by atoms with Crippen LogP contribution in [0.25, 0.3) is 0 Å². The summed E-state index contributed by atoms with van der Waals surface area (Å²) >= 11 is 0. The number of aliphatic hydroxyl groups is 1. The van der Waals surface area contributed by atoms with Crippen molar-refractivity contribution >= 4 is 15.9 Å². The third-order valence-corrected chi connectivity index (χ3v) is 8.37. The van der Waals surface area contributed by atoms with Crippen LogP contribution in [0.4, 0.5) is 0 Å². The van der Waals surface area contributed by atoms with Crippen LogP contribution < -0.4 is 0 Å². The Hall–Kier alpha value is 0.247. The van der Waals surface area contributed by atoms with Gasteiger partial charge in [-0.3, -0.25) is 4.57 Å². The van der Waals surface area contributed by atoms with Crippen LogP contribution >= 0.6 is 7.60 Å². The summed E-state index contributed by atoms with van der Waals surface area (Å²) in [6, 6.07) is -1.60. The Balaban J connectivity index is 4.87. The Morgan fingerprint density at radius 3 is 2.00 bits per heavy atom. The monoisotopic (exact) mass is 300 g/mol. The van der Waals surface area contributed by atoms with E-state index in [1.807, 2.05) is 33.9 Å². The van der Waals surface area contributed by atoms with E-state index in [9.17, 15) is 14.4 Å². The number of ether oxygens (including phenoxy) is 1. The van der Waals surface area contributed by atoms with Crippen molar-refractivity contribution in [1.29, 1.82) is 0 Å². The first-order chi connectivity index (χ1) is 7.77. The van der Waals surface area contributed by atoms with E-state index in [0.29, 0.717) is 0 Å². The van der Waals surface area contributed by atoms with Crippen molar-refractivity contribution in [2.75, 3.05) is 6.61 Å². The number of aliphatic hydroxyl groups excluding tert-OH is 1. The summed E-state index contributed by atoms with van der Waals surface area (Å²) in [5.74, 6) is 0. The van der Waals surface area contributed by atoms with Gasteiger partial charge in [-0.2, -0.15) is 0 Å². The zero-order valence-electron chi connectivity index (χ0n) is 11.9. The van der Waals surface area contributed by atoms with E-state index in [1.54, 1.807) is 0 Å². The molecule has 0 spiro atoms. The molecule has 0 saturated heterocycles. The third-order valence-electron chi connectivity index (χ3n) is 2.96. The highest BCUT2D eigenvalue weighted by atomic mass is 31.2. The lowest BCUT2D eigenvalue weighted by Gasteiger charge is -2.38. The molecule has 2 atom stereocenters. The molecule has 0 rings (SSSR count). The van der Waals surface area contributed by atoms with Crippen molar-refractivity contribution in [1.82, 2.24) is 0 Å². The van der Waals surface area contributed by atoms with Crippen LogP contribution in [0.3, 0.4) is 0 Å². The van der Waals surface area contributed by atoms with Crippen LogP contribution in [0.5, 0.6) is 0 Å². The molecular weight excluding hydrogens is 275 g/mol. The van der Waals surface area contributed by atoms with Crippen LogP contribution in [-0.4, -0.2) is 42.0 Å². The molecule has 0 aliphatic carbocycles. The van der Waals surface area contributed by atoms with Gasteiger partial charge in [-0.25, -0.2) is 0 Å². The fraction of sp³-hybridized carbons (Fsp3) is 1.00. The van der Waals surface area contributed by atoms with Gasteiger partial charge >= 0.3 is 7.60 Å². The standard InChI is InChI=1S/C10H25O6PSi/c1-8(11)7-15-9(17(12,13)14)16-18(5,6)10(2,3)4/h8-9,11H,7H2,1-6H3,(H2,12,13,14). The van der Waals surface area contributed by atoms with Gasteiger partial charge in [0.05, 0.1) is 12.7 Å². The summed E-state index contributed by atoms with van der Waals surface area (Å²) < 4.78 is 21.9. The molecule has 0 radical (unpaired) electrons. The average molecular weight is 300 g/mol. The quantitative estimate of drug-likeness (QED) is 0.394. The zero-order valence-corrected chi connectivity index (χ0v) is 13.8. The van der Waals surface area contributed by atoms with E-state index in [2.05, 4.69) is 0 Å². The number of rotatable bonds is 6. The van der Waals surface area contributed by atoms with Gasteiger partial charge in [0.2, 0.25) is 0 Å². The van der Waals surface area contributed by atoms with Crippen LogP contribution in [-0.2, 0) is 13.7 Å². The van der Waals surface area contributed by atoms with Gasteiger partial charge in [-0.1, -0.05) is 20.8 Å². The number of hydrogen-bond donors (Lipinski definition) is 3. The fourth-order valence-electron chi connectivity index (χ4n) is 0.850. The van der Waals surface area contributed by atoms with Crippen LogP contribution in [0, 0.1) is 0 Å². The maximum absolute atomic E-state index is 11.3. The second-order valence-corrected chi connectivity index (χ2v) is 12.3.